The van der Waals surface area contributed by atoms with E-state index in [0.29, 0.717) is 24.9 Å². The Labute approximate surface area is 125 Å². The van der Waals surface area contributed by atoms with Crippen LogP contribution in [0.2, 0.25) is 0 Å². The van der Waals surface area contributed by atoms with Gasteiger partial charge in [0.25, 0.3) is 0 Å². The number of rotatable bonds is 6. The Hall–Kier alpha value is -1.95. The molecular formula is C15H24N4O2. The Kier molecular flexibility index (Phi) is 4.90. The molecule has 0 saturated carbocycles. The number of phenolic OH excluding ortho intramolecular Hbond substituents is 1. The summed E-state index contributed by atoms with van der Waals surface area (Å²) in [5.41, 5.74) is 7.05. The van der Waals surface area contributed by atoms with Crippen molar-refractivity contribution < 1.29 is 9.84 Å². The first kappa shape index (κ1) is 15.4. The summed E-state index contributed by atoms with van der Waals surface area (Å²) in [5, 5.41) is 9.80. The highest BCUT2D eigenvalue weighted by Gasteiger charge is 2.27. The standard InChI is InChI=1S/C15H24N4O2/c1-4-21-14-9-11(5-6-13(14)20)12-10-17-15(16)19(12)8-7-18(2)3/h5-6,9,12,20H,4,7-8,10H2,1-3H3,(H2,16,17). The van der Waals surface area contributed by atoms with Gasteiger partial charge >= 0.3 is 0 Å². The predicted octanol–water partition coefficient (Wildman–Crippen LogP) is 1.02. The number of benzene rings is 1. The van der Waals surface area contributed by atoms with Crippen LogP contribution in [0.4, 0.5) is 0 Å². The van der Waals surface area contributed by atoms with Gasteiger partial charge in [0.1, 0.15) is 0 Å². The summed E-state index contributed by atoms with van der Waals surface area (Å²) >= 11 is 0. The minimum atomic E-state index is 0.102. The van der Waals surface area contributed by atoms with Gasteiger partial charge in [-0.2, -0.15) is 0 Å². The van der Waals surface area contributed by atoms with Crippen LogP contribution in [0.3, 0.4) is 0 Å². The second-order valence-electron chi connectivity index (χ2n) is 5.37. The molecule has 116 valence electrons. The summed E-state index contributed by atoms with van der Waals surface area (Å²) in [4.78, 5) is 8.57. The second-order valence-corrected chi connectivity index (χ2v) is 5.37. The van der Waals surface area contributed by atoms with E-state index in [1.54, 1.807) is 6.07 Å². The average molecular weight is 292 g/mol. The van der Waals surface area contributed by atoms with Crippen LogP contribution in [-0.2, 0) is 0 Å². The van der Waals surface area contributed by atoms with E-state index in [1.807, 2.05) is 33.2 Å². The molecule has 6 nitrogen and oxygen atoms in total. The van der Waals surface area contributed by atoms with Gasteiger partial charge in [-0.1, -0.05) is 6.07 Å². The first-order valence-electron chi connectivity index (χ1n) is 7.20. The molecule has 0 aliphatic carbocycles. The zero-order valence-corrected chi connectivity index (χ0v) is 12.9. The maximum absolute atomic E-state index is 9.80. The van der Waals surface area contributed by atoms with E-state index < -0.39 is 0 Å². The molecule has 21 heavy (non-hydrogen) atoms. The summed E-state index contributed by atoms with van der Waals surface area (Å²) in [6.07, 6.45) is 0. The largest absolute Gasteiger partial charge is 0.504 e. The lowest BCUT2D eigenvalue weighted by Crippen LogP contribution is -2.40. The summed E-state index contributed by atoms with van der Waals surface area (Å²) in [7, 11) is 4.07. The van der Waals surface area contributed by atoms with Gasteiger partial charge in [-0.15, -0.1) is 0 Å². The molecule has 1 aromatic rings. The normalized spacial score (nSPS) is 18.2. The van der Waals surface area contributed by atoms with Crippen LogP contribution in [-0.4, -0.2) is 61.2 Å². The third-order valence-electron chi connectivity index (χ3n) is 3.55. The number of ether oxygens (including phenoxy) is 1. The molecule has 3 N–H and O–H groups in total. The van der Waals surface area contributed by atoms with E-state index >= 15 is 0 Å². The highest BCUT2D eigenvalue weighted by molar-refractivity contribution is 5.80. The molecule has 1 aromatic carbocycles. The van der Waals surface area contributed by atoms with Crippen molar-refractivity contribution in [2.75, 3.05) is 40.3 Å². The van der Waals surface area contributed by atoms with Crippen LogP contribution in [0.1, 0.15) is 18.5 Å². The fraction of sp³-hybridized carbons (Fsp3) is 0.533. The predicted molar refractivity (Wildman–Crippen MR) is 83.8 cm³/mol. The Morgan fingerprint density at radius 1 is 1.48 bits per heavy atom. The minimum absolute atomic E-state index is 0.102. The van der Waals surface area contributed by atoms with Crippen molar-refractivity contribution >= 4 is 5.96 Å². The molecule has 0 amide bonds. The molecule has 2 rings (SSSR count). The van der Waals surface area contributed by atoms with Crippen molar-refractivity contribution in [3.8, 4) is 11.5 Å². The van der Waals surface area contributed by atoms with Crippen LogP contribution >= 0.6 is 0 Å². The molecule has 1 aliphatic rings. The zero-order valence-electron chi connectivity index (χ0n) is 12.9. The van der Waals surface area contributed by atoms with E-state index in [2.05, 4.69) is 14.8 Å². The maximum Gasteiger partial charge on any atom is 0.191 e. The van der Waals surface area contributed by atoms with E-state index in [1.165, 1.54) is 0 Å². The van der Waals surface area contributed by atoms with E-state index in [4.69, 9.17) is 10.5 Å². The second kappa shape index (κ2) is 6.67. The van der Waals surface area contributed by atoms with Crippen molar-refractivity contribution in [3.05, 3.63) is 23.8 Å². The number of likely N-dealkylation sites (N-methyl/N-ethyl adjacent to an activating group) is 1. The van der Waals surface area contributed by atoms with Crippen LogP contribution < -0.4 is 10.5 Å². The summed E-state index contributed by atoms with van der Waals surface area (Å²) in [6, 6.07) is 5.54. The third-order valence-corrected chi connectivity index (χ3v) is 3.55. The van der Waals surface area contributed by atoms with Gasteiger partial charge in [-0.3, -0.25) is 4.99 Å². The number of nitrogens with two attached hydrogens (primary N) is 1. The number of hydrogen-bond acceptors (Lipinski definition) is 6. The summed E-state index contributed by atoms with van der Waals surface area (Å²) < 4.78 is 5.45. The lowest BCUT2D eigenvalue weighted by Gasteiger charge is -2.28. The first-order valence-corrected chi connectivity index (χ1v) is 7.20. The van der Waals surface area contributed by atoms with Gasteiger partial charge in [0, 0.05) is 13.1 Å². The molecule has 1 atom stereocenters. The molecular weight excluding hydrogens is 268 g/mol. The zero-order chi connectivity index (χ0) is 15.4. The number of guanidine groups is 1. The summed E-state index contributed by atoms with van der Waals surface area (Å²) in [5.74, 6) is 1.24. The Morgan fingerprint density at radius 2 is 2.24 bits per heavy atom. The molecule has 0 bridgehead atoms. The molecule has 0 aromatic heterocycles. The topological polar surface area (TPSA) is 74.3 Å². The number of phenols is 1. The average Bonchev–Trinajstić information content (AvgIpc) is 2.80. The Balaban J connectivity index is 2.18. The number of nitrogens with zero attached hydrogens (tertiary/aromatic N) is 3. The van der Waals surface area contributed by atoms with Crippen molar-refractivity contribution in [1.82, 2.24) is 9.80 Å². The molecule has 1 aliphatic heterocycles. The van der Waals surface area contributed by atoms with Crippen molar-refractivity contribution in [2.45, 2.75) is 13.0 Å². The summed E-state index contributed by atoms with van der Waals surface area (Å²) in [6.45, 7) is 4.77. The highest BCUT2D eigenvalue weighted by atomic mass is 16.5. The molecule has 0 radical (unpaired) electrons. The maximum atomic E-state index is 9.80. The van der Waals surface area contributed by atoms with Gasteiger partial charge in [-0.25, -0.2) is 0 Å². The van der Waals surface area contributed by atoms with Crippen LogP contribution in [0.25, 0.3) is 0 Å². The van der Waals surface area contributed by atoms with Crippen LogP contribution in [0, 0.1) is 0 Å². The smallest absolute Gasteiger partial charge is 0.191 e. The molecule has 0 spiro atoms. The van der Waals surface area contributed by atoms with E-state index in [-0.39, 0.29) is 11.8 Å². The fourth-order valence-electron chi connectivity index (χ4n) is 2.40. The monoisotopic (exact) mass is 292 g/mol. The van der Waals surface area contributed by atoms with Gasteiger partial charge < -0.3 is 25.4 Å². The van der Waals surface area contributed by atoms with Gasteiger partial charge in [0.15, 0.2) is 17.5 Å². The van der Waals surface area contributed by atoms with Crippen molar-refractivity contribution in [1.29, 1.82) is 0 Å². The Bertz CT molecular complexity index is 516. The molecule has 1 heterocycles. The first-order chi connectivity index (χ1) is 10.0. The lowest BCUT2D eigenvalue weighted by molar-refractivity contribution is 0.290. The lowest BCUT2D eigenvalue weighted by atomic mass is 10.1. The van der Waals surface area contributed by atoms with E-state index in [9.17, 15) is 5.11 Å². The van der Waals surface area contributed by atoms with Crippen LogP contribution in [0.5, 0.6) is 11.5 Å². The molecule has 0 saturated heterocycles. The number of aromatic hydroxyl groups is 1. The molecule has 0 fully saturated rings. The number of hydrogen-bond donors (Lipinski definition) is 2. The van der Waals surface area contributed by atoms with Gasteiger partial charge in [0.2, 0.25) is 0 Å². The Morgan fingerprint density at radius 3 is 2.90 bits per heavy atom. The molecule has 6 heteroatoms. The van der Waals surface area contributed by atoms with Crippen LogP contribution in [0.15, 0.2) is 23.2 Å². The quantitative estimate of drug-likeness (QED) is 0.819. The minimum Gasteiger partial charge on any atom is -0.504 e. The SMILES string of the molecule is CCOc1cc(C2CN=C(N)N2CCN(C)C)ccc1O. The highest BCUT2D eigenvalue weighted by Crippen LogP contribution is 2.33. The molecule has 1 unspecified atom stereocenters. The number of aliphatic imine (C=N–C) groups is 1. The van der Waals surface area contributed by atoms with Gasteiger partial charge in [-0.05, 0) is 38.7 Å². The van der Waals surface area contributed by atoms with Gasteiger partial charge in [0.05, 0.1) is 19.2 Å². The third kappa shape index (κ3) is 3.58. The van der Waals surface area contributed by atoms with Crippen molar-refractivity contribution in [3.63, 3.8) is 0 Å². The van der Waals surface area contributed by atoms with E-state index in [0.717, 1.165) is 18.7 Å². The fourth-order valence-corrected chi connectivity index (χ4v) is 2.40. The van der Waals surface area contributed by atoms with Crippen molar-refractivity contribution in [2.24, 2.45) is 10.7 Å².